The van der Waals surface area contributed by atoms with Crippen molar-refractivity contribution in [2.24, 2.45) is 0 Å². The van der Waals surface area contributed by atoms with Crippen molar-refractivity contribution in [3.63, 3.8) is 0 Å². The Kier molecular flexibility index (Phi) is 8.34. The summed E-state index contributed by atoms with van der Waals surface area (Å²) in [6, 6.07) is 53.4. The van der Waals surface area contributed by atoms with Crippen LogP contribution in [-0.2, 0) is 5.41 Å². The Bertz CT molecular complexity index is 2400. The molecule has 0 amide bonds. The second-order valence-corrected chi connectivity index (χ2v) is 13.2. The maximum absolute atomic E-state index is 4.05. The fourth-order valence-electron chi connectivity index (χ4n) is 8.43. The number of nitrogens with zero attached hydrogens (tertiary/aromatic N) is 1. The van der Waals surface area contributed by atoms with Crippen LogP contribution in [0.4, 0.5) is 17.1 Å². The van der Waals surface area contributed by atoms with Gasteiger partial charge in [-0.05, 0) is 112 Å². The summed E-state index contributed by atoms with van der Waals surface area (Å²) in [7, 11) is 0. The molecule has 51 heavy (non-hydrogen) atoms. The Morgan fingerprint density at radius 3 is 1.92 bits per heavy atom. The van der Waals surface area contributed by atoms with Gasteiger partial charge in [0.15, 0.2) is 0 Å². The summed E-state index contributed by atoms with van der Waals surface area (Å²) in [5, 5.41) is 0. The molecule has 1 nitrogen and oxygen atoms in total. The van der Waals surface area contributed by atoms with Gasteiger partial charge in [-0.2, -0.15) is 0 Å². The third-order valence-corrected chi connectivity index (χ3v) is 10.5. The molecule has 1 unspecified atom stereocenters. The molecule has 0 radical (unpaired) electrons. The summed E-state index contributed by atoms with van der Waals surface area (Å²) in [6.07, 6.45) is 12.8. The quantitative estimate of drug-likeness (QED) is 0.148. The van der Waals surface area contributed by atoms with E-state index in [1.165, 1.54) is 55.7 Å². The molecule has 6 aromatic carbocycles. The number of allylic oxidation sites excluding steroid dienone is 9. The van der Waals surface area contributed by atoms with E-state index in [-0.39, 0.29) is 0 Å². The molecule has 2 aliphatic rings. The molecule has 0 heterocycles. The van der Waals surface area contributed by atoms with Gasteiger partial charge < -0.3 is 4.90 Å². The van der Waals surface area contributed by atoms with Crippen LogP contribution in [0.5, 0.6) is 0 Å². The maximum Gasteiger partial charge on any atom is 0.0722 e. The molecule has 1 heteroatoms. The number of hydrogen-bond donors (Lipinski definition) is 0. The third-order valence-electron chi connectivity index (χ3n) is 10.5. The molecule has 0 N–H and O–H groups in total. The Morgan fingerprint density at radius 2 is 1.20 bits per heavy atom. The van der Waals surface area contributed by atoms with Crippen molar-refractivity contribution in [3.8, 4) is 22.3 Å². The molecule has 0 saturated heterocycles. The second kappa shape index (κ2) is 13.3. The zero-order valence-electron chi connectivity index (χ0n) is 29.5. The lowest BCUT2D eigenvalue weighted by Crippen LogP contribution is -2.27. The predicted octanol–water partition coefficient (Wildman–Crippen LogP) is 13.6. The van der Waals surface area contributed by atoms with Crippen LogP contribution in [-0.4, -0.2) is 0 Å². The van der Waals surface area contributed by atoms with Crippen LogP contribution in [0.25, 0.3) is 33.4 Å². The molecule has 0 aromatic heterocycles. The third kappa shape index (κ3) is 5.08. The second-order valence-electron chi connectivity index (χ2n) is 13.2. The zero-order valence-corrected chi connectivity index (χ0v) is 29.5. The van der Waals surface area contributed by atoms with E-state index in [0.717, 1.165) is 28.2 Å². The highest BCUT2D eigenvalue weighted by Gasteiger charge is 2.51. The fourth-order valence-corrected chi connectivity index (χ4v) is 8.43. The van der Waals surface area contributed by atoms with Crippen LogP contribution in [0.3, 0.4) is 0 Å². The van der Waals surface area contributed by atoms with Crippen LogP contribution in [0.2, 0.25) is 0 Å². The van der Waals surface area contributed by atoms with Gasteiger partial charge in [0.25, 0.3) is 0 Å². The monoisotopic (exact) mass is 655 g/mol. The number of anilines is 3. The smallest absolute Gasteiger partial charge is 0.0722 e. The minimum absolute atomic E-state index is 0.420. The van der Waals surface area contributed by atoms with Gasteiger partial charge in [0.1, 0.15) is 0 Å². The standard InChI is InChI=1S/C50H41N/c1-5-17-38(18-6-2)42-23-13-16-27-49(42)51(39-30-28-37(29-31-39)36-20-9-8-10-21-36)40-32-33-44-43-24-12-15-26-47(43)50(48(44)34-40)45(19-7-3)35(4)41-22-11-14-25-46(41)50/h5-34H,1H2,2-4H3/b18-6-,19-7-,38-17+. The highest BCUT2D eigenvalue weighted by molar-refractivity contribution is 5.97. The first kappa shape index (κ1) is 32.0. The van der Waals surface area contributed by atoms with Crippen LogP contribution >= 0.6 is 0 Å². The molecule has 1 spiro atoms. The predicted molar refractivity (Wildman–Crippen MR) is 219 cm³/mol. The van der Waals surface area contributed by atoms with Crippen LogP contribution in [0, 0.1) is 0 Å². The van der Waals surface area contributed by atoms with Crippen molar-refractivity contribution >= 4 is 28.2 Å². The van der Waals surface area contributed by atoms with Gasteiger partial charge in [0.2, 0.25) is 0 Å². The zero-order chi connectivity index (χ0) is 35.0. The molecular formula is C50H41N. The lowest BCUT2D eigenvalue weighted by Gasteiger charge is -2.33. The van der Waals surface area contributed by atoms with Gasteiger partial charge in [-0.3, -0.25) is 0 Å². The first-order chi connectivity index (χ1) is 25.1. The molecule has 246 valence electrons. The van der Waals surface area contributed by atoms with Crippen LogP contribution in [0.15, 0.2) is 194 Å². The summed E-state index contributed by atoms with van der Waals surface area (Å²) >= 11 is 0. The molecule has 0 saturated carbocycles. The van der Waals surface area contributed by atoms with E-state index < -0.39 is 5.41 Å². The number of hydrogen-bond acceptors (Lipinski definition) is 1. The van der Waals surface area contributed by atoms with E-state index in [2.05, 4.69) is 208 Å². The van der Waals surface area contributed by atoms with E-state index in [9.17, 15) is 0 Å². The summed E-state index contributed by atoms with van der Waals surface area (Å²) in [5.41, 5.74) is 18.1. The summed E-state index contributed by atoms with van der Waals surface area (Å²) < 4.78 is 0. The van der Waals surface area contributed by atoms with Crippen molar-refractivity contribution in [1.82, 2.24) is 0 Å². The van der Waals surface area contributed by atoms with E-state index >= 15 is 0 Å². The largest absolute Gasteiger partial charge is 0.310 e. The van der Waals surface area contributed by atoms with Crippen molar-refractivity contribution in [3.05, 3.63) is 222 Å². The highest BCUT2D eigenvalue weighted by atomic mass is 15.1. The van der Waals surface area contributed by atoms with Crippen molar-refractivity contribution in [2.45, 2.75) is 26.2 Å². The Balaban J connectivity index is 1.41. The highest BCUT2D eigenvalue weighted by Crippen LogP contribution is 2.62. The molecule has 2 aliphatic carbocycles. The fraction of sp³-hybridized carbons (Fsp3) is 0.0800. The van der Waals surface area contributed by atoms with Crippen molar-refractivity contribution < 1.29 is 0 Å². The number of benzene rings is 6. The van der Waals surface area contributed by atoms with Crippen molar-refractivity contribution in [1.29, 1.82) is 0 Å². The molecule has 0 aliphatic heterocycles. The van der Waals surface area contributed by atoms with E-state index in [0.29, 0.717) is 0 Å². The average Bonchev–Trinajstić information content (AvgIpc) is 3.61. The normalized spacial score (nSPS) is 16.2. The number of fused-ring (bicyclic) bond motifs is 7. The molecule has 1 atom stereocenters. The first-order valence-corrected chi connectivity index (χ1v) is 17.8. The van der Waals surface area contributed by atoms with Gasteiger partial charge in [-0.25, -0.2) is 0 Å². The molecule has 6 aromatic rings. The van der Waals surface area contributed by atoms with E-state index in [1.807, 2.05) is 6.08 Å². The van der Waals surface area contributed by atoms with Gasteiger partial charge in [-0.1, -0.05) is 158 Å². The molecular weight excluding hydrogens is 615 g/mol. The van der Waals surface area contributed by atoms with E-state index in [4.69, 9.17) is 0 Å². The van der Waals surface area contributed by atoms with Gasteiger partial charge in [0, 0.05) is 16.9 Å². The summed E-state index contributed by atoms with van der Waals surface area (Å²) in [6.45, 7) is 10.5. The molecule has 0 fully saturated rings. The van der Waals surface area contributed by atoms with Gasteiger partial charge >= 0.3 is 0 Å². The number of rotatable bonds is 8. The van der Waals surface area contributed by atoms with Crippen molar-refractivity contribution in [2.75, 3.05) is 4.90 Å². The summed E-state index contributed by atoms with van der Waals surface area (Å²) in [5.74, 6) is 0. The maximum atomic E-state index is 4.05. The average molecular weight is 656 g/mol. The Morgan fingerprint density at radius 1 is 0.588 bits per heavy atom. The Labute approximate surface area is 302 Å². The SMILES string of the molecule is C=C/C=C(\C=C/C)c1ccccc1N(c1ccc(-c2ccccc2)cc1)c1ccc2c(c1)C1(C(/C=C\C)=C(C)c3ccccc31)c1ccccc1-2. The first-order valence-electron chi connectivity index (χ1n) is 17.8. The Hall–Kier alpha value is -6.18. The minimum Gasteiger partial charge on any atom is -0.310 e. The molecule has 0 bridgehead atoms. The molecule has 8 rings (SSSR count). The lowest BCUT2D eigenvalue weighted by atomic mass is 9.69. The van der Waals surface area contributed by atoms with Gasteiger partial charge in [0.05, 0.1) is 11.1 Å². The summed E-state index contributed by atoms with van der Waals surface area (Å²) in [4.78, 5) is 2.42. The van der Waals surface area contributed by atoms with Crippen LogP contribution < -0.4 is 4.90 Å². The van der Waals surface area contributed by atoms with E-state index in [1.54, 1.807) is 0 Å². The van der Waals surface area contributed by atoms with Gasteiger partial charge in [-0.15, -0.1) is 0 Å². The number of para-hydroxylation sites is 1. The van der Waals surface area contributed by atoms with Crippen LogP contribution in [0.1, 0.15) is 48.6 Å². The lowest BCUT2D eigenvalue weighted by molar-refractivity contribution is 0.785. The minimum atomic E-state index is -0.420. The topological polar surface area (TPSA) is 3.24 Å².